The average Bonchev–Trinajstić information content (AvgIpc) is 3.26. The van der Waals surface area contributed by atoms with Crippen molar-refractivity contribution >= 4 is 31.7 Å². The van der Waals surface area contributed by atoms with Crippen LogP contribution in [-0.4, -0.2) is 31.8 Å². The molecule has 0 fully saturated rings. The summed E-state index contributed by atoms with van der Waals surface area (Å²) in [5, 5.41) is 16.3. The minimum atomic E-state index is -0.0505. The summed E-state index contributed by atoms with van der Waals surface area (Å²) < 4.78 is 7.09. The van der Waals surface area contributed by atoms with Gasteiger partial charge in [-0.3, -0.25) is 4.79 Å². The van der Waals surface area contributed by atoms with Gasteiger partial charge in [-0.25, -0.2) is 0 Å². The van der Waals surface area contributed by atoms with E-state index in [0.717, 1.165) is 26.7 Å². The Morgan fingerprint density at radius 1 is 1.22 bits per heavy atom. The van der Waals surface area contributed by atoms with Crippen molar-refractivity contribution in [3.05, 3.63) is 47.5 Å². The van der Waals surface area contributed by atoms with Crippen molar-refractivity contribution in [2.24, 2.45) is 0 Å². The summed E-state index contributed by atoms with van der Waals surface area (Å²) in [6, 6.07) is 13.6. The molecular weight excluding hydrogens is 403 g/mol. The van der Waals surface area contributed by atoms with Crippen LogP contribution in [0.25, 0.3) is 22.8 Å². The zero-order valence-electron chi connectivity index (χ0n) is 14.9. The van der Waals surface area contributed by atoms with Gasteiger partial charge in [-0.05, 0) is 0 Å². The molecule has 3 aromatic rings. The third kappa shape index (κ3) is 3.51. The molecule has 1 aromatic heterocycles. The second-order valence-corrected chi connectivity index (χ2v) is 10.3. The molecule has 1 aliphatic heterocycles. The number of hydrogen-bond donors (Lipinski definition) is 1. The maximum atomic E-state index is 11.5. The van der Waals surface area contributed by atoms with Crippen molar-refractivity contribution in [2.45, 2.75) is 25.0 Å². The van der Waals surface area contributed by atoms with Gasteiger partial charge in [-0.2, -0.15) is 0 Å². The van der Waals surface area contributed by atoms with Crippen LogP contribution in [0.5, 0.6) is 0 Å². The van der Waals surface area contributed by atoms with Gasteiger partial charge >= 0.3 is 158 Å². The number of carbonyl (C=O) groups is 1. The van der Waals surface area contributed by atoms with E-state index >= 15 is 0 Å². The van der Waals surface area contributed by atoms with Crippen molar-refractivity contribution in [1.29, 1.82) is 5.26 Å². The van der Waals surface area contributed by atoms with Crippen LogP contribution in [0.15, 0.2) is 40.9 Å². The predicted octanol–water partition coefficient (Wildman–Crippen LogP) is 2.93. The summed E-state index contributed by atoms with van der Waals surface area (Å²) >= 11 is -0.0505. The van der Waals surface area contributed by atoms with E-state index in [9.17, 15) is 10.1 Å². The Morgan fingerprint density at radius 3 is 2.81 bits per heavy atom. The first-order valence-electron chi connectivity index (χ1n) is 8.55. The number of benzene rings is 2. The molecule has 0 saturated heterocycles. The van der Waals surface area contributed by atoms with E-state index in [1.807, 2.05) is 36.4 Å². The third-order valence-electron chi connectivity index (χ3n) is 4.18. The molecule has 6 nitrogen and oxygen atoms in total. The number of anilines is 1. The van der Waals surface area contributed by atoms with Crippen LogP contribution in [-0.2, 0) is 11.2 Å². The van der Waals surface area contributed by atoms with Crippen molar-refractivity contribution in [2.75, 3.05) is 5.32 Å². The van der Waals surface area contributed by atoms with Gasteiger partial charge in [0.2, 0.25) is 0 Å². The molecule has 27 heavy (non-hydrogen) atoms. The average molecular weight is 419 g/mol. The van der Waals surface area contributed by atoms with Gasteiger partial charge in [-0.1, -0.05) is 0 Å². The van der Waals surface area contributed by atoms with Crippen molar-refractivity contribution < 1.29 is 9.32 Å². The predicted molar refractivity (Wildman–Crippen MR) is 103 cm³/mol. The molecule has 0 bridgehead atoms. The number of amides is 1. The van der Waals surface area contributed by atoms with Crippen LogP contribution in [0.2, 0.25) is 4.71 Å². The van der Waals surface area contributed by atoms with Crippen LogP contribution < -0.4 is 9.67 Å². The first-order valence-corrected chi connectivity index (χ1v) is 10.6. The fraction of sp³-hybridized carbons (Fsp3) is 0.200. The number of carbonyl (C=O) groups excluding carboxylic acids is 1. The van der Waals surface area contributed by atoms with E-state index in [1.54, 1.807) is 0 Å². The van der Waals surface area contributed by atoms with Crippen LogP contribution in [0, 0.1) is 11.3 Å². The summed E-state index contributed by atoms with van der Waals surface area (Å²) in [5.74, 6) is 0.812. The van der Waals surface area contributed by atoms with Gasteiger partial charge in [0, 0.05) is 0 Å². The molecule has 0 saturated carbocycles. The van der Waals surface area contributed by atoms with Crippen molar-refractivity contribution in [3.63, 3.8) is 0 Å². The molecule has 7 heteroatoms. The Bertz CT molecular complexity index is 1080. The van der Waals surface area contributed by atoms with Gasteiger partial charge in [0.05, 0.1) is 0 Å². The molecule has 2 heterocycles. The first kappa shape index (κ1) is 17.5. The van der Waals surface area contributed by atoms with E-state index in [2.05, 4.69) is 35.4 Å². The number of nitrogens with zero attached hydrogens (tertiary/aromatic N) is 3. The first-order chi connectivity index (χ1) is 13.0. The number of nitriles is 1. The van der Waals surface area contributed by atoms with E-state index < -0.39 is 0 Å². The second kappa shape index (κ2) is 7.02. The standard InChI is InChI=1S/C20H16AsN4O2/c1-11(2)21-16-6-5-14(7-15(16)10-22)20-24-19(25-27-20)13-4-3-12-9-18(26)23-17(12)8-13/h3-8,11H,9H2,1-2H3,(H,23,26). The van der Waals surface area contributed by atoms with Gasteiger partial charge in [0.25, 0.3) is 0 Å². The molecule has 1 amide bonds. The van der Waals surface area contributed by atoms with E-state index in [-0.39, 0.29) is 21.7 Å². The van der Waals surface area contributed by atoms with Gasteiger partial charge in [0.1, 0.15) is 0 Å². The minimum absolute atomic E-state index is 0.0103. The molecule has 2 aromatic carbocycles. The van der Waals surface area contributed by atoms with Crippen LogP contribution in [0.1, 0.15) is 25.0 Å². The van der Waals surface area contributed by atoms with Crippen molar-refractivity contribution in [1.82, 2.24) is 10.1 Å². The SMILES string of the molecule is CC(C)[As]c1ccc(-c2nc(-c3ccc4c(c3)NC(=O)C4)no2)cc1C#N. The molecule has 0 unspecified atom stereocenters. The van der Waals surface area contributed by atoms with Gasteiger partial charge in [0.15, 0.2) is 0 Å². The molecule has 4 rings (SSSR count). The topological polar surface area (TPSA) is 91.8 Å². The Morgan fingerprint density at radius 2 is 2.04 bits per heavy atom. The molecular formula is C20H16AsN4O2. The summed E-state index contributed by atoms with van der Waals surface area (Å²) in [7, 11) is 0. The van der Waals surface area contributed by atoms with Crippen molar-refractivity contribution in [3.8, 4) is 28.9 Å². The Hall–Kier alpha value is -2.90. The number of fused-ring (bicyclic) bond motifs is 1. The number of nitrogens with one attached hydrogen (secondary N) is 1. The zero-order valence-corrected chi connectivity index (χ0v) is 16.7. The molecule has 133 valence electrons. The zero-order chi connectivity index (χ0) is 19.0. The number of rotatable bonds is 4. The Balaban J connectivity index is 1.64. The fourth-order valence-electron chi connectivity index (χ4n) is 2.96. The van der Waals surface area contributed by atoms with Gasteiger partial charge < -0.3 is 0 Å². The number of aromatic nitrogens is 2. The summed E-state index contributed by atoms with van der Waals surface area (Å²) in [4.78, 5) is 16.0. The summed E-state index contributed by atoms with van der Waals surface area (Å²) in [6.45, 7) is 4.33. The number of hydrogen-bond acceptors (Lipinski definition) is 5. The van der Waals surface area contributed by atoms with Crippen LogP contribution in [0.3, 0.4) is 0 Å². The van der Waals surface area contributed by atoms with Crippen LogP contribution in [0.4, 0.5) is 5.69 Å². The fourth-order valence-corrected chi connectivity index (χ4v) is 5.00. The maximum absolute atomic E-state index is 11.5. The van der Waals surface area contributed by atoms with Gasteiger partial charge in [-0.15, -0.1) is 0 Å². The monoisotopic (exact) mass is 419 g/mol. The Kier molecular flexibility index (Phi) is 4.55. The molecule has 1 N–H and O–H groups in total. The normalized spacial score (nSPS) is 13.2. The molecule has 0 atom stereocenters. The summed E-state index contributed by atoms with van der Waals surface area (Å²) in [6.07, 6.45) is 0.398. The quantitative estimate of drug-likeness (QED) is 0.657. The summed E-state index contributed by atoms with van der Waals surface area (Å²) in [5.41, 5.74) is 3.93. The van der Waals surface area contributed by atoms with E-state index in [1.165, 1.54) is 0 Å². The third-order valence-corrected chi connectivity index (χ3v) is 6.67. The molecule has 1 radical (unpaired) electrons. The van der Waals surface area contributed by atoms with E-state index in [4.69, 9.17) is 4.52 Å². The molecule has 1 aliphatic rings. The second-order valence-electron chi connectivity index (χ2n) is 6.59. The molecule has 0 spiro atoms. The molecule has 0 aliphatic carbocycles. The Labute approximate surface area is 163 Å². The van der Waals surface area contributed by atoms with E-state index in [0.29, 0.717) is 28.4 Å². The van der Waals surface area contributed by atoms with Crippen LogP contribution >= 0.6 is 0 Å².